The molecule has 6 heteroatoms. The first kappa shape index (κ1) is 15.9. The first-order valence-corrected chi connectivity index (χ1v) is 7.30. The zero-order chi connectivity index (χ0) is 17.6. The van der Waals surface area contributed by atoms with E-state index >= 15 is 0 Å². The highest BCUT2D eigenvalue weighted by Crippen LogP contribution is 2.29. The molecule has 6 nitrogen and oxygen atoms in total. The number of rotatable bonds is 4. The van der Waals surface area contributed by atoms with Crippen molar-refractivity contribution in [1.29, 1.82) is 10.5 Å². The zero-order valence-corrected chi connectivity index (χ0v) is 13.0. The van der Waals surface area contributed by atoms with Crippen LogP contribution in [0.1, 0.15) is 11.1 Å². The highest BCUT2D eigenvalue weighted by Gasteiger charge is 2.08. The molecule has 0 atom stereocenters. The van der Waals surface area contributed by atoms with Crippen molar-refractivity contribution in [1.82, 2.24) is 4.98 Å². The van der Waals surface area contributed by atoms with Gasteiger partial charge in [-0.05, 0) is 54.6 Å². The fourth-order valence-corrected chi connectivity index (χ4v) is 2.00. The van der Waals surface area contributed by atoms with Crippen LogP contribution in [-0.4, -0.2) is 4.98 Å². The van der Waals surface area contributed by atoms with Crippen LogP contribution < -0.4 is 15.2 Å². The molecule has 1 aromatic heterocycles. The second kappa shape index (κ2) is 7.03. The van der Waals surface area contributed by atoms with Gasteiger partial charge in [-0.2, -0.15) is 15.5 Å². The second-order valence-electron chi connectivity index (χ2n) is 5.02. The number of benzene rings is 2. The van der Waals surface area contributed by atoms with Gasteiger partial charge in [0.25, 0.3) is 0 Å². The molecule has 25 heavy (non-hydrogen) atoms. The summed E-state index contributed by atoms with van der Waals surface area (Å²) in [6.45, 7) is 0. The fraction of sp³-hybridized carbons (Fsp3) is 0. The van der Waals surface area contributed by atoms with Crippen molar-refractivity contribution in [2.24, 2.45) is 0 Å². The molecule has 0 radical (unpaired) electrons. The van der Waals surface area contributed by atoms with Gasteiger partial charge >= 0.3 is 0 Å². The van der Waals surface area contributed by atoms with Gasteiger partial charge in [0.2, 0.25) is 11.8 Å². The monoisotopic (exact) mass is 328 g/mol. The number of hydrogen-bond donors (Lipinski definition) is 1. The van der Waals surface area contributed by atoms with Crippen LogP contribution in [0, 0.1) is 22.7 Å². The van der Waals surface area contributed by atoms with E-state index in [1.807, 2.05) is 12.1 Å². The lowest BCUT2D eigenvalue weighted by atomic mass is 10.2. The average molecular weight is 328 g/mol. The summed E-state index contributed by atoms with van der Waals surface area (Å²) in [6, 6.07) is 20.6. The lowest BCUT2D eigenvalue weighted by Gasteiger charge is -2.10. The number of nitriles is 2. The van der Waals surface area contributed by atoms with Crippen LogP contribution in [0.4, 0.5) is 5.69 Å². The Bertz CT molecular complexity index is 968. The lowest BCUT2D eigenvalue weighted by Crippen LogP contribution is -1.97. The minimum atomic E-state index is 0.204. The molecule has 0 fully saturated rings. The third-order valence-electron chi connectivity index (χ3n) is 3.27. The van der Waals surface area contributed by atoms with Gasteiger partial charge in [0.15, 0.2) is 0 Å². The SMILES string of the molecule is N#Cc1ccc(Oc2ccc(N)c(Oc3ccc(C#N)cc3)n2)cc1. The van der Waals surface area contributed by atoms with Gasteiger partial charge in [-0.1, -0.05) is 0 Å². The van der Waals surface area contributed by atoms with Crippen molar-refractivity contribution in [3.05, 3.63) is 71.8 Å². The van der Waals surface area contributed by atoms with E-state index < -0.39 is 0 Å². The van der Waals surface area contributed by atoms with Crippen molar-refractivity contribution in [2.75, 3.05) is 5.73 Å². The van der Waals surface area contributed by atoms with E-state index in [0.717, 1.165) is 0 Å². The molecule has 2 N–H and O–H groups in total. The van der Waals surface area contributed by atoms with Crippen molar-refractivity contribution in [2.45, 2.75) is 0 Å². The van der Waals surface area contributed by atoms with E-state index in [1.54, 1.807) is 60.7 Å². The highest BCUT2D eigenvalue weighted by atomic mass is 16.5. The highest BCUT2D eigenvalue weighted by molar-refractivity contribution is 5.51. The molecule has 0 aliphatic heterocycles. The number of nitrogens with two attached hydrogens (primary N) is 1. The summed E-state index contributed by atoms with van der Waals surface area (Å²) in [7, 11) is 0. The average Bonchev–Trinajstić information content (AvgIpc) is 2.66. The fourth-order valence-electron chi connectivity index (χ4n) is 2.00. The second-order valence-corrected chi connectivity index (χ2v) is 5.02. The van der Waals surface area contributed by atoms with Crippen LogP contribution >= 0.6 is 0 Å². The van der Waals surface area contributed by atoms with E-state index in [4.69, 9.17) is 25.7 Å². The van der Waals surface area contributed by atoms with Gasteiger partial charge in [-0.25, -0.2) is 0 Å². The molecule has 0 aliphatic carbocycles. The van der Waals surface area contributed by atoms with Gasteiger partial charge in [-0.3, -0.25) is 0 Å². The Hall–Kier alpha value is -4.03. The molecule has 0 spiro atoms. The Morgan fingerprint density at radius 3 is 1.76 bits per heavy atom. The summed E-state index contributed by atoms with van der Waals surface area (Å²) in [5, 5.41) is 17.6. The topological polar surface area (TPSA) is 105 Å². The van der Waals surface area contributed by atoms with E-state index in [1.165, 1.54) is 0 Å². The van der Waals surface area contributed by atoms with Gasteiger partial charge in [0, 0.05) is 6.07 Å². The first-order chi connectivity index (χ1) is 12.2. The predicted molar refractivity (Wildman–Crippen MR) is 91.1 cm³/mol. The van der Waals surface area contributed by atoms with Crippen LogP contribution in [-0.2, 0) is 0 Å². The molecule has 0 saturated heterocycles. The minimum Gasteiger partial charge on any atom is -0.439 e. The summed E-state index contributed by atoms with van der Waals surface area (Å²) in [5.41, 5.74) is 7.33. The van der Waals surface area contributed by atoms with Gasteiger partial charge in [-0.15, -0.1) is 0 Å². The van der Waals surface area contributed by atoms with Gasteiger partial charge in [0.05, 0.1) is 29.0 Å². The third-order valence-corrected chi connectivity index (χ3v) is 3.27. The summed E-state index contributed by atoms with van der Waals surface area (Å²) in [4.78, 5) is 4.25. The molecule has 120 valence electrons. The van der Waals surface area contributed by atoms with Crippen molar-refractivity contribution >= 4 is 5.69 Å². The lowest BCUT2D eigenvalue weighted by molar-refractivity contribution is 0.428. The van der Waals surface area contributed by atoms with Gasteiger partial charge < -0.3 is 15.2 Å². The van der Waals surface area contributed by atoms with Crippen molar-refractivity contribution in [3.63, 3.8) is 0 Å². The third kappa shape index (κ3) is 3.84. The summed E-state index contributed by atoms with van der Waals surface area (Å²) < 4.78 is 11.3. The van der Waals surface area contributed by atoms with Crippen LogP contribution in [0.3, 0.4) is 0 Å². The minimum absolute atomic E-state index is 0.204. The predicted octanol–water partition coefficient (Wildman–Crippen LogP) is 3.99. The largest absolute Gasteiger partial charge is 0.439 e. The number of nitrogen functional groups attached to an aromatic ring is 1. The maximum Gasteiger partial charge on any atom is 0.246 e. The van der Waals surface area contributed by atoms with Crippen LogP contribution in [0.5, 0.6) is 23.3 Å². The number of aromatic nitrogens is 1. The van der Waals surface area contributed by atoms with E-state index in [2.05, 4.69) is 4.98 Å². The molecule has 0 amide bonds. The Kier molecular flexibility index (Phi) is 4.46. The Morgan fingerprint density at radius 2 is 1.24 bits per heavy atom. The molecule has 3 rings (SSSR count). The van der Waals surface area contributed by atoms with Crippen molar-refractivity contribution < 1.29 is 9.47 Å². The Labute approximate surface area is 144 Å². The maximum absolute atomic E-state index is 8.81. The number of anilines is 1. The molecule has 0 bridgehead atoms. The van der Waals surface area contributed by atoms with Gasteiger partial charge in [0.1, 0.15) is 11.5 Å². The Balaban J connectivity index is 1.79. The quantitative estimate of drug-likeness (QED) is 0.776. The smallest absolute Gasteiger partial charge is 0.246 e. The van der Waals surface area contributed by atoms with Crippen LogP contribution in [0.2, 0.25) is 0 Å². The molecule has 0 saturated carbocycles. The molecule has 1 heterocycles. The molecular formula is C19H12N4O2. The molecule has 2 aromatic carbocycles. The molecular weight excluding hydrogens is 316 g/mol. The maximum atomic E-state index is 8.81. The summed E-state index contributed by atoms with van der Waals surface area (Å²) in [6.07, 6.45) is 0. The summed E-state index contributed by atoms with van der Waals surface area (Å²) in [5.74, 6) is 1.56. The van der Waals surface area contributed by atoms with Crippen LogP contribution in [0.15, 0.2) is 60.7 Å². The number of ether oxygens (including phenoxy) is 2. The first-order valence-electron chi connectivity index (χ1n) is 7.30. The van der Waals surface area contributed by atoms with E-state index in [9.17, 15) is 0 Å². The van der Waals surface area contributed by atoms with E-state index in [-0.39, 0.29) is 5.88 Å². The number of hydrogen-bond acceptors (Lipinski definition) is 6. The van der Waals surface area contributed by atoms with Crippen molar-refractivity contribution in [3.8, 4) is 35.4 Å². The number of pyridine rings is 1. The van der Waals surface area contributed by atoms with Crippen LogP contribution in [0.25, 0.3) is 0 Å². The molecule has 0 unspecified atom stereocenters. The molecule has 0 aliphatic rings. The van der Waals surface area contributed by atoms with E-state index in [0.29, 0.717) is 34.2 Å². The standard InChI is InChI=1S/C19H12N4O2/c20-11-13-1-5-15(6-2-13)24-18-10-9-17(22)19(23-18)25-16-7-3-14(12-21)4-8-16/h1-10H,22H2. The number of nitrogens with zero attached hydrogens (tertiary/aromatic N) is 3. The zero-order valence-electron chi connectivity index (χ0n) is 13.0. The summed E-state index contributed by atoms with van der Waals surface area (Å²) >= 11 is 0. The normalized spacial score (nSPS) is 9.68. The Morgan fingerprint density at radius 1 is 0.720 bits per heavy atom. The molecule has 3 aromatic rings.